The molecule has 3 atom stereocenters. The van der Waals surface area contributed by atoms with Gasteiger partial charge in [-0.1, -0.05) is 36.1 Å². The van der Waals surface area contributed by atoms with Crippen molar-refractivity contribution >= 4 is 11.5 Å². The normalized spacial score (nSPS) is 33.5. The van der Waals surface area contributed by atoms with Crippen molar-refractivity contribution in [1.29, 1.82) is 0 Å². The van der Waals surface area contributed by atoms with E-state index in [-0.39, 0.29) is 18.0 Å². The molecule has 1 unspecified atom stereocenters. The lowest BCUT2D eigenvalue weighted by molar-refractivity contribution is -0.163. The molecule has 2 aliphatic heterocycles. The summed E-state index contributed by atoms with van der Waals surface area (Å²) in [6.07, 6.45) is 15.1. The molecule has 4 aliphatic rings. The summed E-state index contributed by atoms with van der Waals surface area (Å²) in [6.45, 7) is 0. The number of fused-ring (bicyclic) bond motifs is 2. The number of hydrogen-bond donors (Lipinski definition) is 0. The van der Waals surface area contributed by atoms with Gasteiger partial charge in [0.1, 0.15) is 11.5 Å². The van der Waals surface area contributed by atoms with Crippen molar-refractivity contribution in [3.8, 4) is 24.7 Å². The molecule has 100 valence electrons. The molecular weight excluding hydrogens is 260 g/mol. The van der Waals surface area contributed by atoms with Gasteiger partial charge in [0.2, 0.25) is 0 Å². The lowest BCUT2D eigenvalue weighted by atomic mass is 9.64. The minimum absolute atomic E-state index is 0.0663. The van der Waals surface area contributed by atoms with E-state index in [4.69, 9.17) is 17.6 Å². The van der Waals surface area contributed by atoms with Crippen molar-refractivity contribution in [2.75, 3.05) is 0 Å². The Bertz CT molecular complexity index is 813. The molecule has 0 aromatic heterocycles. The average molecular weight is 272 g/mol. The summed E-state index contributed by atoms with van der Waals surface area (Å²) in [4.78, 5) is 12.6. The maximum Gasteiger partial charge on any atom is 0.321 e. The molecule has 2 aliphatic carbocycles. The minimum atomic E-state index is -0.841. The largest absolute Gasteiger partial charge is 0.456 e. The van der Waals surface area contributed by atoms with Crippen molar-refractivity contribution in [3.05, 3.63) is 53.1 Å². The smallest absolute Gasteiger partial charge is 0.321 e. The average Bonchev–Trinajstić information content (AvgIpc) is 2.79. The van der Waals surface area contributed by atoms with Crippen LogP contribution in [0.25, 0.3) is 5.57 Å². The van der Waals surface area contributed by atoms with Gasteiger partial charge in [-0.25, -0.2) is 0 Å². The number of hydrogen-bond acceptors (Lipinski definition) is 2. The SMILES string of the molecule is C#C/C=C1\c2ccccc2[C@H]2CC3OC(=O)[C@]12C=C3C#C. The molecule has 0 N–H and O–H groups in total. The Labute approximate surface area is 123 Å². The fourth-order valence-corrected chi connectivity index (χ4v) is 3.94. The number of carbonyl (C=O) groups is 1. The Morgan fingerprint density at radius 2 is 2.14 bits per heavy atom. The monoisotopic (exact) mass is 272 g/mol. The second-order valence-electron chi connectivity index (χ2n) is 5.61. The summed E-state index contributed by atoms with van der Waals surface area (Å²) in [7, 11) is 0. The Morgan fingerprint density at radius 1 is 1.33 bits per heavy atom. The van der Waals surface area contributed by atoms with E-state index in [0.29, 0.717) is 0 Å². The first-order valence-corrected chi connectivity index (χ1v) is 6.89. The van der Waals surface area contributed by atoms with Crippen LogP contribution >= 0.6 is 0 Å². The van der Waals surface area contributed by atoms with Crippen LogP contribution in [0.5, 0.6) is 0 Å². The van der Waals surface area contributed by atoms with Crippen molar-refractivity contribution in [3.63, 3.8) is 0 Å². The van der Waals surface area contributed by atoms with E-state index in [0.717, 1.165) is 28.7 Å². The number of carbonyl (C=O) groups excluding carboxylic acids is 1. The highest BCUT2D eigenvalue weighted by molar-refractivity contribution is 6.03. The molecule has 2 heterocycles. The van der Waals surface area contributed by atoms with Gasteiger partial charge in [-0.15, -0.1) is 12.8 Å². The zero-order valence-corrected chi connectivity index (χ0v) is 11.3. The molecule has 1 aromatic rings. The van der Waals surface area contributed by atoms with Crippen LogP contribution < -0.4 is 0 Å². The van der Waals surface area contributed by atoms with Crippen molar-refractivity contribution in [2.24, 2.45) is 5.41 Å². The highest BCUT2D eigenvalue weighted by Gasteiger charge is 2.61. The second-order valence-corrected chi connectivity index (χ2v) is 5.61. The maximum atomic E-state index is 12.6. The van der Waals surface area contributed by atoms with E-state index < -0.39 is 5.41 Å². The third-order valence-electron chi connectivity index (χ3n) is 4.78. The number of ether oxygens (including phenoxy) is 1. The second kappa shape index (κ2) is 3.90. The van der Waals surface area contributed by atoms with Crippen molar-refractivity contribution in [2.45, 2.75) is 18.4 Å². The van der Waals surface area contributed by atoms with Crippen LogP contribution in [-0.4, -0.2) is 12.1 Å². The van der Waals surface area contributed by atoms with Crippen LogP contribution in [0.4, 0.5) is 0 Å². The molecule has 0 saturated carbocycles. The Hall–Kier alpha value is -2.71. The highest BCUT2D eigenvalue weighted by Crippen LogP contribution is 2.63. The molecule has 1 aromatic carbocycles. The molecule has 0 amide bonds. The van der Waals surface area contributed by atoms with E-state index >= 15 is 0 Å². The number of benzene rings is 1. The maximum absolute atomic E-state index is 12.6. The van der Waals surface area contributed by atoms with Crippen LogP contribution in [0.15, 0.2) is 42.0 Å². The van der Waals surface area contributed by atoms with Gasteiger partial charge in [-0.2, -0.15) is 0 Å². The number of terminal acetylenes is 2. The van der Waals surface area contributed by atoms with Crippen LogP contribution in [0, 0.1) is 30.1 Å². The number of allylic oxidation sites excluding steroid dienone is 1. The van der Waals surface area contributed by atoms with Gasteiger partial charge < -0.3 is 4.74 Å². The first-order valence-electron chi connectivity index (χ1n) is 6.89. The molecule has 2 heteroatoms. The fraction of sp³-hybridized carbons (Fsp3) is 0.211. The fourth-order valence-electron chi connectivity index (χ4n) is 3.94. The van der Waals surface area contributed by atoms with E-state index in [1.807, 2.05) is 24.3 Å². The quantitative estimate of drug-likeness (QED) is 0.536. The van der Waals surface area contributed by atoms with Crippen molar-refractivity contribution < 1.29 is 9.53 Å². The molecule has 1 spiro atoms. The van der Waals surface area contributed by atoms with Gasteiger partial charge in [0.05, 0.1) is 0 Å². The Balaban J connectivity index is 2.07. The summed E-state index contributed by atoms with van der Waals surface area (Å²) < 4.78 is 5.54. The van der Waals surface area contributed by atoms with Gasteiger partial charge in [0.25, 0.3) is 0 Å². The Kier molecular flexibility index (Phi) is 2.24. The van der Waals surface area contributed by atoms with Crippen LogP contribution in [-0.2, 0) is 9.53 Å². The molecule has 0 radical (unpaired) electrons. The molecule has 5 rings (SSSR count). The molecule has 2 bridgehead atoms. The zero-order chi connectivity index (χ0) is 14.6. The van der Waals surface area contributed by atoms with Crippen LogP contribution in [0.2, 0.25) is 0 Å². The third-order valence-corrected chi connectivity index (χ3v) is 4.78. The molecule has 2 nitrogen and oxygen atoms in total. The zero-order valence-electron chi connectivity index (χ0n) is 11.3. The topological polar surface area (TPSA) is 26.3 Å². The summed E-state index contributed by atoms with van der Waals surface area (Å²) in [5.41, 5.74) is 2.94. The van der Waals surface area contributed by atoms with Gasteiger partial charge in [-0.05, 0) is 35.3 Å². The first kappa shape index (κ1) is 12.1. The predicted octanol–water partition coefficient (Wildman–Crippen LogP) is 2.68. The van der Waals surface area contributed by atoms with Crippen molar-refractivity contribution in [1.82, 2.24) is 0 Å². The highest BCUT2D eigenvalue weighted by atomic mass is 16.5. The standard InChI is InChI=1S/C19H12O2/c1-3-7-15-13-8-5-6-9-14(13)16-10-17-12(4-2)11-19(15,16)18(20)21-17/h1-2,5-9,11,16-17H,10H2/b15-7+/t16-,17?,19-/m1/s1. The summed E-state index contributed by atoms with van der Waals surface area (Å²) in [5.74, 6) is 5.05. The third kappa shape index (κ3) is 1.28. The summed E-state index contributed by atoms with van der Waals surface area (Å²) >= 11 is 0. The van der Waals surface area contributed by atoms with E-state index in [1.165, 1.54) is 0 Å². The molecule has 1 saturated heterocycles. The lowest BCUT2D eigenvalue weighted by Gasteiger charge is -2.44. The van der Waals surface area contributed by atoms with Gasteiger partial charge in [0, 0.05) is 11.5 Å². The first-order chi connectivity index (χ1) is 10.2. The van der Waals surface area contributed by atoms with E-state index in [2.05, 4.69) is 17.9 Å². The summed E-state index contributed by atoms with van der Waals surface area (Å²) in [6, 6.07) is 8.03. The van der Waals surface area contributed by atoms with E-state index in [9.17, 15) is 4.79 Å². The molecule has 1 fully saturated rings. The van der Waals surface area contributed by atoms with Gasteiger partial charge >= 0.3 is 5.97 Å². The Morgan fingerprint density at radius 3 is 2.90 bits per heavy atom. The van der Waals surface area contributed by atoms with E-state index in [1.54, 1.807) is 6.08 Å². The van der Waals surface area contributed by atoms with Gasteiger partial charge in [0.15, 0.2) is 0 Å². The summed E-state index contributed by atoms with van der Waals surface area (Å²) in [5, 5.41) is 0. The predicted molar refractivity (Wildman–Crippen MR) is 79.8 cm³/mol. The molecule has 21 heavy (non-hydrogen) atoms. The van der Waals surface area contributed by atoms with Gasteiger partial charge in [-0.3, -0.25) is 4.79 Å². The van der Waals surface area contributed by atoms with Crippen LogP contribution in [0.3, 0.4) is 0 Å². The number of rotatable bonds is 0. The lowest BCUT2D eigenvalue weighted by Crippen LogP contribution is -2.48. The minimum Gasteiger partial charge on any atom is -0.456 e. The number of esters is 1. The molecular formula is C19H12O2. The van der Waals surface area contributed by atoms with Crippen LogP contribution in [0.1, 0.15) is 23.5 Å².